The van der Waals surface area contributed by atoms with Crippen LogP contribution in [0.15, 0.2) is 42.6 Å². The summed E-state index contributed by atoms with van der Waals surface area (Å²) >= 11 is 0. The maximum Gasteiger partial charge on any atom is 0.228 e. The maximum absolute atomic E-state index is 12.0. The van der Waals surface area contributed by atoms with E-state index >= 15 is 0 Å². The molecule has 2 atom stereocenters. The third kappa shape index (κ3) is 4.07. The molecule has 2 aromatic rings. The average molecular weight is 340 g/mol. The summed E-state index contributed by atoms with van der Waals surface area (Å²) in [5, 5.41) is 3.18. The standard InChI is InChI=1S/C19H24N4O2/c1-3-17(24)21-16-13-23(19-20-11-9-18(22-19)25-2)12-10-15(16)14-7-5-4-6-8-14/h4-9,11,15-16H,3,10,12-13H2,1-2H3,(H,21,24)/t15-,16-/m0/s1. The van der Waals surface area contributed by atoms with Crippen LogP contribution < -0.4 is 15.0 Å². The molecule has 1 aliphatic heterocycles. The van der Waals surface area contributed by atoms with Gasteiger partial charge in [0.2, 0.25) is 17.7 Å². The van der Waals surface area contributed by atoms with E-state index in [9.17, 15) is 4.79 Å². The summed E-state index contributed by atoms with van der Waals surface area (Å²) in [6.45, 7) is 3.39. The fraction of sp³-hybridized carbons (Fsp3) is 0.421. The van der Waals surface area contributed by atoms with Gasteiger partial charge in [0.05, 0.1) is 13.2 Å². The van der Waals surface area contributed by atoms with Crippen LogP contribution in [0.4, 0.5) is 5.95 Å². The molecular formula is C19H24N4O2. The van der Waals surface area contributed by atoms with Crippen molar-refractivity contribution in [2.75, 3.05) is 25.1 Å². The van der Waals surface area contributed by atoms with Crippen molar-refractivity contribution in [1.29, 1.82) is 0 Å². The lowest BCUT2D eigenvalue weighted by atomic mass is 9.85. The van der Waals surface area contributed by atoms with Gasteiger partial charge in [0, 0.05) is 37.7 Å². The van der Waals surface area contributed by atoms with Gasteiger partial charge in [-0.2, -0.15) is 4.98 Å². The second kappa shape index (κ2) is 7.96. The number of nitrogens with zero attached hydrogens (tertiary/aromatic N) is 3. The monoisotopic (exact) mass is 340 g/mol. The molecule has 2 heterocycles. The predicted octanol–water partition coefficient (Wildman–Crippen LogP) is 2.37. The predicted molar refractivity (Wildman–Crippen MR) is 96.8 cm³/mol. The van der Waals surface area contributed by atoms with E-state index in [1.165, 1.54) is 5.56 Å². The number of carbonyl (C=O) groups is 1. The summed E-state index contributed by atoms with van der Waals surface area (Å²) in [5.74, 6) is 1.55. The number of aromatic nitrogens is 2. The minimum absolute atomic E-state index is 0.0263. The first-order valence-electron chi connectivity index (χ1n) is 8.67. The zero-order valence-electron chi connectivity index (χ0n) is 14.7. The van der Waals surface area contributed by atoms with E-state index in [1.54, 1.807) is 19.4 Å². The van der Waals surface area contributed by atoms with Crippen molar-refractivity contribution in [3.63, 3.8) is 0 Å². The third-order valence-electron chi connectivity index (χ3n) is 4.62. The molecule has 3 rings (SSSR count). The van der Waals surface area contributed by atoms with Gasteiger partial charge in [0.15, 0.2) is 0 Å². The second-order valence-electron chi connectivity index (χ2n) is 6.18. The highest BCUT2D eigenvalue weighted by Crippen LogP contribution is 2.30. The van der Waals surface area contributed by atoms with Gasteiger partial charge in [-0.3, -0.25) is 4.79 Å². The van der Waals surface area contributed by atoms with Gasteiger partial charge in [-0.05, 0) is 12.0 Å². The van der Waals surface area contributed by atoms with E-state index in [0.717, 1.165) is 13.0 Å². The number of hydrogen-bond donors (Lipinski definition) is 1. The second-order valence-corrected chi connectivity index (χ2v) is 6.18. The molecule has 25 heavy (non-hydrogen) atoms. The number of nitrogens with one attached hydrogen (secondary N) is 1. The van der Waals surface area contributed by atoms with Gasteiger partial charge in [-0.1, -0.05) is 37.3 Å². The number of hydrogen-bond acceptors (Lipinski definition) is 5. The molecule has 1 aromatic heterocycles. The third-order valence-corrected chi connectivity index (χ3v) is 4.62. The van der Waals surface area contributed by atoms with Crippen LogP contribution in [0, 0.1) is 0 Å². The first-order chi connectivity index (χ1) is 12.2. The summed E-state index contributed by atoms with van der Waals surface area (Å²) in [6, 6.07) is 12.1. The maximum atomic E-state index is 12.0. The van der Waals surface area contributed by atoms with Gasteiger partial charge in [0.1, 0.15) is 0 Å². The van der Waals surface area contributed by atoms with Crippen LogP contribution in [0.2, 0.25) is 0 Å². The highest BCUT2D eigenvalue weighted by molar-refractivity contribution is 5.76. The minimum Gasteiger partial charge on any atom is -0.481 e. The molecule has 1 aromatic carbocycles. The van der Waals surface area contributed by atoms with Crippen LogP contribution in [0.1, 0.15) is 31.2 Å². The molecule has 6 nitrogen and oxygen atoms in total. The summed E-state index contributed by atoms with van der Waals surface area (Å²) in [5.41, 5.74) is 1.26. The van der Waals surface area contributed by atoms with Crippen molar-refractivity contribution >= 4 is 11.9 Å². The van der Waals surface area contributed by atoms with Crippen LogP contribution in [0.3, 0.4) is 0 Å². The quantitative estimate of drug-likeness (QED) is 0.905. The van der Waals surface area contributed by atoms with E-state index in [0.29, 0.717) is 30.7 Å². The Hall–Kier alpha value is -2.63. The Morgan fingerprint density at radius 3 is 2.84 bits per heavy atom. The van der Waals surface area contributed by atoms with Crippen LogP contribution >= 0.6 is 0 Å². The lowest BCUT2D eigenvalue weighted by Crippen LogP contribution is -2.52. The lowest BCUT2D eigenvalue weighted by Gasteiger charge is -2.39. The number of piperidine rings is 1. The molecule has 6 heteroatoms. The van der Waals surface area contributed by atoms with Gasteiger partial charge in [-0.25, -0.2) is 4.98 Å². The highest BCUT2D eigenvalue weighted by atomic mass is 16.5. The number of amides is 1. The smallest absolute Gasteiger partial charge is 0.228 e. The first kappa shape index (κ1) is 17.2. The highest BCUT2D eigenvalue weighted by Gasteiger charge is 2.32. The lowest BCUT2D eigenvalue weighted by molar-refractivity contribution is -0.121. The Morgan fingerprint density at radius 2 is 2.12 bits per heavy atom. The largest absolute Gasteiger partial charge is 0.481 e. The Labute approximate surface area is 148 Å². The minimum atomic E-state index is 0.0263. The van der Waals surface area contributed by atoms with Crippen molar-refractivity contribution < 1.29 is 9.53 Å². The molecule has 132 valence electrons. The van der Waals surface area contributed by atoms with E-state index in [4.69, 9.17) is 4.74 Å². The molecule has 0 radical (unpaired) electrons. The van der Waals surface area contributed by atoms with E-state index in [-0.39, 0.29) is 11.9 Å². The zero-order valence-corrected chi connectivity index (χ0v) is 14.7. The van der Waals surface area contributed by atoms with Crippen LogP contribution in [-0.4, -0.2) is 42.1 Å². The van der Waals surface area contributed by atoms with Crippen LogP contribution in [-0.2, 0) is 4.79 Å². The number of carbonyl (C=O) groups excluding carboxylic acids is 1. The molecule has 1 N–H and O–H groups in total. The first-order valence-corrected chi connectivity index (χ1v) is 8.67. The number of anilines is 1. The van der Waals surface area contributed by atoms with Gasteiger partial charge < -0.3 is 15.0 Å². The Morgan fingerprint density at radius 1 is 1.32 bits per heavy atom. The Bertz CT molecular complexity index is 708. The average Bonchev–Trinajstić information content (AvgIpc) is 2.68. The summed E-state index contributed by atoms with van der Waals surface area (Å²) in [4.78, 5) is 22.9. The molecule has 0 saturated carbocycles. The van der Waals surface area contributed by atoms with Crippen molar-refractivity contribution in [3.05, 3.63) is 48.2 Å². The van der Waals surface area contributed by atoms with Gasteiger partial charge >= 0.3 is 0 Å². The number of ether oxygens (including phenoxy) is 1. The molecule has 1 fully saturated rings. The summed E-state index contributed by atoms with van der Waals surface area (Å²) in [6.07, 6.45) is 3.11. The topological polar surface area (TPSA) is 67.4 Å². The number of benzene rings is 1. The van der Waals surface area contributed by atoms with E-state index in [2.05, 4.69) is 32.3 Å². The molecule has 1 aliphatic rings. The molecule has 0 aliphatic carbocycles. The van der Waals surface area contributed by atoms with Crippen molar-refractivity contribution in [3.8, 4) is 5.88 Å². The number of methoxy groups -OCH3 is 1. The van der Waals surface area contributed by atoms with Gasteiger partial charge in [0.25, 0.3) is 0 Å². The van der Waals surface area contributed by atoms with Crippen molar-refractivity contribution in [1.82, 2.24) is 15.3 Å². The molecule has 0 bridgehead atoms. The molecular weight excluding hydrogens is 316 g/mol. The Balaban J connectivity index is 1.81. The fourth-order valence-electron chi connectivity index (χ4n) is 3.29. The normalized spacial score (nSPS) is 20.2. The zero-order chi connectivity index (χ0) is 17.6. The molecule has 0 spiro atoms. The SMILES string of the molecule is CCC(=O)N[C@H]1CN(c2nccc(OC)n2)CC[C@H]1c1ccccc1. The number of rotatable bonds is 5. The van der Waals surface area contributed by atoms with Crippen LogP contribution in [0.25, 0.3) is 0 Å². The van der Waals surface area contributed by atoms with E-state index in [1.807, 2.05) is 25.1 Å². The fourth-order valence-corrected chi connectivity index (χ4v) is 3.29. The van der Waals surface area contributed by atoms with Crippen molar-refractivity contribution in [2.45, 2.75) is 31.7 Å². The summed E-state index contributed by atoms with van der Waals surface area (Å²) < 4.78 is 5.20. The summed E-state index contributed by atoms with van der Waals surface area (Å²) in [7, 11) is 1.60. The molecule has 0 unspecified atom stereocenters. The van der Waals surface area contributed by atoms with Crippen molar-refractivity contribution in [2.24, 2.45) is 0 Å². The van der Waals surface area contributed by atoms with E-state index < -0.39 is 0 Å². The van der Waals surface area contributed by atoms with Gasteiger partial charge in [-0.15, -0.1) is 0 Å². The molecule has 1 saturated heterocycles. The Kier molecular flexibility index (Phi) is 5.48. The van der Waals surface area contributed by atoms with Crippen LogP contribution in [0.5, 0.6) is 5.88 Å². The molecule has 1 amide bonds.